The molecule has 0 radical (unpaired) electrons. The van der Waals surface area contributed by atoms with Crippen LogP contribution in [0.4, 0.5) is 5.82 Å². The Labute approximate surface area is 136 Å². The predicted octanol–water partition coefficient (Wildman–Crippen LogP) is 2.98. The van der Waals surface area contributed by atoms with Gasteiger partial charge in [-0.2, -0.15) is 0 Å². The molecule has 1 aliphatic carbocycles. The molecule has 0 saturated heterocycles. The molecule has 23 heavy (non-hydrogen) atoms. The van der Waals surface area contributed by atoms with Gasteiger partial charge in [-0.05, 0) is 49.6 Å². The van der Waals surface area contributed by atoms with Crippen LogP contribution < -0.4 is 15.4 Å². The maximum atomic E-state index is 11.9. The third kappa shape index (κ3) is 4.45. The summed E-state index contributed by atoms with van der Waals surface area (Å²) in [5, 5.41) is 6.20. The molecule has 1 aromatic carbocycles. The van der Waals surface area contributed by atoms with E-state index in [4.69, 9.17) is 4.74 Å². The van der Waals surface area contributed by atoms with Crippen LogP contribution in [0.15, 0.2) is 42.6 Å². The molecule has 5 heteroatoms. The number of amides is 1. The van der Waals surface area contributed by atoms with Gasteiger partial charge in [0.15, 0.2) is 0 Å². The van der Waals surface area contributed by atoms with E-state index < -0.39 is 0 Å². The highest BCUT2D eigenvalue weighted by molar-refractivity contribution is 5.94. The molecule has 0 spiro atoms. The lowest BCUT2D eigenvalue weighted by molar-refractivity contribution is 0.0951. The summed E-state index contributed by atoms with van der Waals surface area (Å²) in [5.74, 6) is 1.58. The summed E-state index contributed by atoms with van der Waals surface area (Å²) >= 11 is 0. The summed E-state index contributed by atoms with van der Waals surface area (Å²) in [7, 11) is 0. The summed E-state index contributed by atoms with van der Waals surface area (Å²) < 4.78 is 5.42. The quantitative estimate of drug-likeness (QED) is 0.825. The van der Waals surface area contributed by atoms with Crippen molar-refractivity contribution in [3.05, 3.63) is 53.7 Å². The van der Waals surface area contributed by atoms with Crippen LogP contribution in [0.5, 0.6) is 5.75 Å². The lowest BCUT2D eigenvalue weighted by Crippen LogP contribution is -2.25. The number of rotatable bonds is 7. The van der Waals surface area contributed by atoms with Gasteiger partial charge in [-0.15, -0.1) is 0 Å². The van der Waals surface area contributed by atoms with E-state index in [1.807, 2.05) is 37.3 Å². The summed E-state index contributed by atoms with van der Waals surface area (Å²) in [4.78, 5) is 16.2. The Morgan fingerprint density at radius 2 is 2.00 bits per heavy atom. The molecular formula is C18H21N3O2. The highest BCUT2D eigenvalue weighted by atomic mass is 16.5. The molecule has 1 aromatic heterocycles. The van der Waals surface area contributed by atoms with E-state index in [0.717, 1.165) is 30.0 Å². The molecule has 1 saturated carbocycles. The molecule has 3 rings (SSSR count). The number of anilines is 1. The Balaban J connectivity index is 1.52. The van der Waals surface area contributed by atoms with Gasteiger partial charge >= 0.3 is 0 Å². The lowest BCUT2D eigenvalue weighted by Gasteiger charge is -2.08. The first kappa shape index (κ1) is 15.3. The van der Waals surface area contributed by atoms with Gasteiger partial charge in [0.25, 0.3) is 5.91 Å². The number of aromatic nitrogens is 1. The van der Waals surface area contributed by atoms with Crippen LogP contribution in [-0.4, -0.2) is 23.5 Å². The Hall–Kier alpha value is -2.56. The molecule has 2 aromatic rings. The number of benzene rings is 1. The minimum absolute atomic E-state index is 0.0435. The van der Waals surface area contributed by atoms with Crippen molar-refractivity contribution in [1.82, 2.24) is 10.3 Å². The van der Waals surface area contributed by atoms with Crippen molar-refractivity contribution in [2.24, 2.45) is 0 Å². The Morgan fingerprint density at radius 3 is 2.61 bits per heavy atom. The number of hydrogen-bond acceptors (Lipinski definition) is 4. The van der Waals surface area contributed by atoms with Gasteiger partial charge in [-0.1, -0.05) is 12.1 Å². The summed E-state index contributed by atoms with van der Waals surface area (Å²) in [6.07, 6.45) is 3.78. The third-order valence-corrected chi connectivity index (χ3v) is 3.65. The minimum Gasteiger partial charge on any atom is -0.494 e. The fourth-order valence-corrected chi connectivity index (χ4v) is 2.19. The Morgan fingerprint density at radius 1 is 1.22 bits per heavy atom. The molecule has 1 heterocycles. The number of carbonyl (C=O) groups excluding carboxylic acids is 1. The van der Waals surface area contributed by atoms with Crippen LogP contribution in [0, 0.1) is 0 Å². The maximum absolute atomic E-state index is 11.9. The van der Waals surface area contributed by atoms with E-state index in [0.29, 0.717) is 24.8 Å². The van der Waals surface area contributed by atoms with Gasteiger partial charge in [0, 0.05) is 18.8 Å². The maximum Gasteiger partial charge on any atom is 0.253 e. The van der Waals surface area contributed by atoms with Crippen molar-refractivity contribution < 1.29 is 9.53 Å². The molecule has 0 aliphatic heterocycles. The van der Waals surface area contributed by atoms with Crippen LogP contribution in [0.3, 0.4) is 0 Å². The van der Waals surface area contributed by atoms with Crippen molar-refractivity contribution >= 4 is 11.7 Å². The smallest absolute Gasteiger partial charge is 0.253 e. The number of nitrogens with one attached hydrogen (secondary N) is 2. The van der Waals surface area contributed by atoms with Gasteiger partial charge < -0.3 is 15.4 Å². The molecule has 0 unspecified atom stereocenters. The predicted molar refractivity (Wildman–Crippen MR) is 89.7 cm³/mol. The fraction of sp³-hybridized carbons (Fsp3) is 0.333. The highest BCUT2D eigenvalue weighted by Crippen LogP contribution is 2.19. The highest BCUT2D eigenvalue weighted by Gasteiger charge is 2.23. The van der Waals surface area contributed by atoms with E-state index in [2.05, 4.69) is 15.6 Å². The van der Waals surface area contributed by atoms with Crippen molar-refractivity contribution in [2.45, 2.75) is 32.4 Å². The summed E-state index contributed by atoms with van der Waals surface area (Å²) in [6, 6.07) is 11.9. The first-order valence-corrected chi connectivity index (χ1v) is 7.97. The zero-order valence-electron chi connectivity index (χ0n) is 13.2. The van der Waals surface area contributed by atoms with E-state index in [-0.39, 0.29) is 5.91 Å². The molecule has 1 aliphatic rings. The van der Waals surface area contributed by atoms with E-state index in [9.17, 15) is 4.79 Å². The first-order chi connectivity index (χ1) is 11.2. The molecule has 1 fully saturated rings. The minimum atomic E-state index is -0.0435. The third-order valence-electron chi connectivity index (χ3n) is 3.65. The first-order valence-electron chi connectivity index (χ1n) is 7.97. The van der Waals surface area contributed by atoms with Gasteiger partial charge in [0.1, 0.15) is 11.6 Å². The Kier molecular flexibility index (Phi) is 4.76. The van der Waals surface area contributed by atoms with Gasteiger partial charge in [-0.3, -0.25) is 4.79 Å². The largest absolute Gasteiger partial charge is 0.494 e. The van der Waals surface area contributed by atoms with Crippen molar-refractivity contribution in [1.29, 1.82) is 0 Å². The zero-order valence-corrected chi connectivity index (χ0v) is 13.2. The molecule has 1 amide bonds. The molecule has 0 bridgehead atoms. The Bertz CT molecular complexity index is 649. The number of nitrogens with zero attached hydrogens (tertiary/aromatic N) is 1. The number of hydrogen-bond donors (Lipinski definition) is 2. The van der Waals surface area contributed by atoms with Gasteiger partial charge in [0.05, 0.1) is 12.2 Å². The normalized spacial score (nSPS) is 13.4. The van der Waals surface area contributed by atoms with Crippen LogP contribution in [0.2, 0.25) is 0 Å². The van der Waals surface area contributed by atoms with Crippen molar-refractivity contribution in [3.8, 4) is 5.75 Å². The monoisotopic (exact) mass is 311 g/mol. The van der Waals surface area contributed by atoms with Crippen LogP contribution in [0.25, 0.3) is 0 Å². The van der Waals surface area contributed by atoms with Crippen LogP contribution in [0.1, 0.15) is 35.7 Å². The van der Waals surface area contributed by atoms with Crippen molar-refractivity contribution in [2.75, 3.05) is 11.9 Å². The zero-order chi connectivity index (χ0) is 16.1. The molecular weight excluding hydrogens is 290 g/mol. The molecule has 120 valence electrons. The average molecular weight is 311 g/mol. The summed E-state index contributed by atoms with van der Waals surface area (Å²) in [6.45, 7) is 3.31. The summed E-state index contributed by atoms with van der Waals surface area (Å²) in [5.41, 5.74) is 1.74. The standard InChI is InChI=1S/C18H21N3O2/c1-2-23-16-8-3-13(4-9-16)11-19-17-10-5-14(12-20-17)18(22)21-15-6-7-15/h3-5,8-10,12,15H,2,6-7,11H2,1H3,(H,19,20)(H,21,22). The van der Waals surface area contributed by atoms with Crippen LogP contribution >= 0.6 is 0 Å². The molecule has 0 atom stereocenters. The van der Waals surface area contributed by atoms with E-state index in [1.54, 1.807) is 12.3 Å². The van der Waals surface area contributed by atoms with Crippen LogP contribution in [-0.2, 0) is 6.54 Å². The lowest BCUT2D eigenvalue weighted by atomic mass is 10.2. The van der Waals surface area contributed by atoms with E-state index >= 15 is 0 Å². The topological polar surface area (TPSA) is 63.2 Å². The molecule has 2 N–H and O–H groups in total. The van der Waals surface area contributed by atoms with Gasteiger partial charge in [-0.25, -0.2) is 4.98 Å². The SMILES string of the molecule is CCOc1ccc(CNc2ccc(C(=O)NC3CC3)cn2)cc1. The number of carbonyl (C=O) groups is 1. The number of ether oxygens (including phenoxy) is 1. The van der Waals surface area contributed by atoms with Gasteiger partial charge in [0.2, 0.25) is 0 Å². The fourth-order valence-electron chi connectivity index (χ4n) is 2.19. The molecule has 5 nitrogen and oxygen atoms in total. The average Bonchev–Trinajstić information content (AvgIpc) is 3.39. The second-order valence-corrected chi connectivity index (χ2v) is 5.61. The second kappa shape index (κ2) is 7.13. The number of pyridine rings is 1. The van der Waals surface area contributed by atoms with Crippen molar-refractivity contribution in [3.63, 3.8) is 0 Å². The second-order valence-electron chi connectivity index (χ2n) is 5.61. The van der Waals surface area contributed by atoms with E-state index in [1.165, 1.54) is 0 Å².